The molecule has 1 unspecified atom stereocenters. The summed E-state index contributed by atoms with van der Waals surface area (Å²) in [5.74, 6) is 2.94. The van der Waals surface area contributed by atoms with Crippen molar-refractivity contribution in [2.24, 2.45) is 4.36 Å². The van der Waals surface area contributed by atoms with Gasteiger partial charge in [0, 0.05) is 18.3 Å². The molecule has 2 nitrogen and oxygen atoms in total. The molecule has 1 aromatic rings. The van der Waals surface area contributed by atoms with Crippen LogP contribution in [0.5, 0.6) is 0 Å². The van der Waals surface area contributed by atoms with Gasteiger partial charge in [-0.2, -0.15) is 13.2 Å². The lowest BCUT2D eigenvalue weighted by molar-refractivity contribution is -0.0402. The van der Waals surface area contributed by atoms with E-state index >= 15 is 0 Å². The number of hydrogen-bond donors (Lipinski definition) is 0. The third-order valence-corrected chi connectivity index (χ3v) is 4.47. The van der Waals surface area contributed by atoms with Crippen molar-refractivity contribution in [2.75, 3.05) is 5.88 Å². The molecule has 0 bridgehead atoms. The van der Waals surface area contributed by atoms with Crippen LogP contribution in [0.3, 0.4) is 0 Å². The van der Waals surface area contributed by atoms with Crippen LogP contribution in [-0.2, 0) is 9.73 Å². The first kappa shape index (κ1) is 16.9. The molecule has 20 heavy (non-hydrogen) atoms. The molecule has 0 saturated heterocycles. The number of rotatable bonds is 4. The molecule has 0 aliphatic carbocycles. The predicted molar refractivity (Wildman–Crippen MR) is 73.7 cm³/mol. The van der Waals surface area contributed by atoms with E-state index in [9.17, 15) is 17.4 Å². The van der Waals surface area contributed by atoms with Crippen LogP contribution in [0.15, 0.2) is 39.6 Å². The number of halogens is 4. The topological polar surface area (TPSA) is 29.4 Å². The molecule has 7 heteroatoms. The number of unbranched alkanes of at least 4 members (excludes halogenated alkanes) is 2. The molecule has 0 radical (unpaired) electrons. The molecule has 0 fully saturated rings. The van der Waals surface area contributed by atoms with Crippen molar-refractivity contribution in [3.05, 3.63) is 30.3 Å². The van der Waals surface area contributed by atoms with Crippen LogP contribution in [0.1, 0.15) is 19.3 Å². The number of benzene rings is 1. The van der Waals surface area contributed by atoms with Crippen molar-refractivity contribution in [1.29, 1.82) is 0 Å². The molecule has 1 aromatic carbocycles. The van der Waals surface area contributed by atoms with Gasteiger partial charge in [-0.1, -0.05) is 24.1 Å². The lowest BCUT2D eigenvalue weighted by Crippen LogP contribution is -2.22. The van der Waals surface area contributed by atoms with Crippen LogP contribution < -0.4 is 0 Å². The molecular weight excluding hydrogens is 311 g/mol. The minimum Gasteiger partial charge on any atom is -0.235 e. The molecule has 0 spiro atoms. The summed E-state index contributed by atoms with van der Waals surface area (Å²) in [6, 6.07) is 8.59. The van der Waals surface area contributed by atoms with Gasteiger partial charge in [0.25, 0.3) is 0 Å². The first-order valence-corrected chi connectivity index (χ1v) is 7.88. The molecule has 0 aromatic heterocycles. The molecule has 0 N–H and O–H groups in total. The predicted octanol–water partition coefficient (Wildman–Crippen LogP) is 4.40. The monoisotopic (exact) mass is 323 g/mol. The van der Waals surface area contributed by atoms with E-state index in [1.165, 1.54) is 18.2 Å². The van der Waals surface area contributed by atoms with E-state index < -0.39 is 15.2 Å². The largest absolute Gasteiger partial charge is 0.484 e. The van der Waals surface area contributed by atoms with E-state index in [1.807, 2.05) is 6.04 Å². The van der Waals surface area contributed by atoms with Crippen LogP contribution in [-0.4, -0.2) is 15.6 Å². The molecule has 1 rings (SSSR count). The van der Waals surface area contributed by atoms with E-state index in [1.54, 1.807) is 0 Å². The van der Waals surface area contributed by atoms with E-state index in [0.717, 1.165) is 18.6 Å². The molecule has 1 atom stereocenters. The summed E-state index contributed by atoms with van der Waals surface area (Å²) in [6.45, 7) is 0. The summed E-state index contributed by atoms with van der Waals surface area (Å²) < 4.78 is 54.1. The maximum atomic E-state index is 13.0. The van der Waals surface area contributed by atoms with Crippen LogP contribution >= 0.6 is 11.6 Å². The first-order valence-electron chi connectivity index (χ1n) is 5.83. The quantitative estimate of drug-likeness (QED) is 0.458. The summed E-state index contributed by atoms with van der Waals surface area (Å²) in [5, 5.41) is 0. The third-order valence-electron chi connectivity index (χ3n) is 2.32. The maximum Gasteiger partial charge on any atom is 0.484 e. The Bertz CT molecular complexity index is 596. The Kier molecular flexibility index (Phi) is 6.37. The summed E-state index contributed by atoms with van der Waals surface area (Å²) >= 11 is 5.46. The van der Waals surface area contributed by atoms with E-state index in [-0.39, 0.29) is 4.90 Å². The molecule has 0 aliphatic rings. The molecule has 0 heterocycles. The summed E-state index contributed by atoms with van der Waals surface area (Å²) in [7, 11) is -4.55. The average Bonchev–Trinajstić information content (AvgIpc) is 2.42. The van der Waals surface area contributed by atoms with Crippen LogP contribution in [0.25, 0.3) is 0 Å². The molecule has 110 valence electrons. The molecule has 0 saturated carbocycles. The second-order valence-corrected chi connectivity index (χ2v) is 6.36. The van der Waals surface area contributed by atoms with E-state index in [2.05, 4.69) is 10.3 Å². The zero-order valence-electron chi connectivity index (χ0n) is 10.5. The number of alkyl halides is 4. The molecular formula is C13H13ClF3NOS. The van der Waals surface area contributed by atoms with Crippen molar-refractivity contribution in [1.82, 2.24) is 0 Å². The van der Waals surface area contributed by atoms with Gasteiger partial charge in [-0.05, 0) is 25.0 Å². The average molecular weight is 324 g/mol. The Hall–Kier alpha value is -1.19. The smallest absolute Gasteiger partial charge is 0.235 e. The normalized spacial score (nSPS) is 14.0. The Balaban J connectivity index is 3.06. The van der Waals surface area contributed by atoms with Gasteiger partial charge in [0.05, 0.1) is 4.90 Å². The minimum absolute atomic E-state index is 0.373. The zero-order chi connectivity index (χ0) is 15.1. The van der Waals surface area contributed by atoms with Crippen LogP contribution in [0, 0.1) is 12.0 Å². The van der Waals surface area contributed by atoms with Crippen LogP contribution in [0.2, 0.25) is 0 Å². The Morgan fingerprint density at radius 2 is 1.85 bits per heavy atom. The summed E-state index contributed by atoms with van der Waals surface area (Å²) in [5.41, 5.74) is -4.96. The van der Waals surface area contributed by atoms with Gasteiger partial charge in [0.1, 0.15) is 0 Å². The highest BCUT2D eigenvalue weighted by molar-refractivity contribution is 7.94. The minimum atomic E-state index is -4.96. The van der Waals surface area contributed by atoms with Crippen LogP contribution in [0.4, 0.5) is 13.2 Å². The molecule has 0 aliphatic heterocycles. The summed E-state index contributed by atoms with van der Waals surface area (Å²) in [4.78, 5) is -0.387. The second-order valence-electron chi connectivity index (χ2n) is 3.81. The van der Waals surface area contributed by atoms with Crippen molar-refractivity contribution in [2.45, 2.75) is 29.7 Å². The first-order chi connectivity index (χ1) is 9.42. The lowest BCUT2D eigenvalue weighted by atomic mass is 10.3. The van der Waals surface area contributed by atoms with Crippen molar-refractivity contribution in [3.8, 4) is 12.0 Å². The van der Waals surface area contributed by atoms with Crippen molar-refractivity contribution < 1.29 is 17.4 Å². The fourth-order valence-corrected chi connectivity index (χ4v) is 2.69. The fraction of sp³-hybridized carbons (Fsp3) is 0.385. The van der Waals surface area contributed by atoms with Gasteiger partial charge in [-0.15, -0.1) is 16.0 Å². The van der Waals surface area contributed by atoms with Gasteiger partial charge in [-0.25, -0.2) is 4.21 Å². The van der Waals surface area contributed by atoms with E-state index in [0.29, 0.717) is 18.7 Å². The van der Waals surface area contributed by atoms with Gasteiger partial charge >= 0.3 is 5.51 Å². The highest BCUT2D eigenvalue weighted by Crippen LogP contribution is 2.32. The highest BCUT2D eigenvalue weighted by atomic mass is 35.5. The zero-order valence-corrected chi connectivity index (χ0v) is 12.1. The van der Waals surface area contributed by atoms with Gasteiger partial charge in [-0.3, -0.25) is 0 Å². The standard InChI is InChI=1S/C13H13ClF3NOS/c14-10-6-1-2-7-11-18-20(19,13(15,16)17)12-8-4-3-5-9-12/h3-5,8-9H,1-2,6,10H2. The molecule has 0 amide bonds. The maximum absolute atomic E-state index is 13.0. The second kappa shape index (κ2) is 7.55. The Morgan fingerprint density at radius 1 is 1.20 bits per heavy atom. The lowest BCUT2D eigenvalue weighted by Gasteiger charge is -2.11. The highest BCUT2D eigenvalue weighted by Gasteiger charge is 2.44. The van der Waals surface area contributed by atoms with Gasteiger partial charge < -0.3 is 0 Å². The Morgan fingerprint density at radius 3 is 2.40 bits per heavy atom. The fourth-order valence-electron chi connectivity index (χ4n) is 1.30. The SMILES string of the molecule is O=S(=NC#CCCCCCl)(c1ccccc1)C(F)(F)F. The summed E-state index contributed by atoms with van der Waals surface area (Å²) in [6.07, 6.45) is 1.77. The number of nitrogens with zero attached hydrogens (tertiary/aromatic N) is 1. The van der Waals surface area contributed by atoms with Gasteiger partial charge in [0.15, 0.2) is 9.73 Å². The third kappa shape index (κ3) is 4.43. The van der Waals surface area contributed by atoms with Gasteiger partial charge in [0.2, 0.25) is 0 Å². The van der Waals surface area contributed by atoms with E-state index in [4.69, 9.17) is 11.6 Å². The van der Waals surface area contributed by atoms with Crippen molar-refractivity contribution >= 4 is 21.3 Å². The Labute approximate surface area is 121 Å². The number of hydrogen-bond acceptors (Lipinski definition) is 2. The van der Waals surface area contributed by atoms with Crippen molar-refractivity contribution in [3.63, 3.8) is 0 Å².